The van der Waals surface area contributed by atoms with E-state index in [-0.39, 0.29) is 65.6 Å². The van der Waals surface area contributed by atoms with Crippen molar-refractivity contribution < 1.29 is 33.8 Å². The number of aliphatic hydroxyl groups excluding tert-OH is 1. The van der Waals surface area contributed by atoms with Crippen LogP contribution in [0.4, 0.5) is 0 Å². The van der Waals surface area contributed by atoms with Crippen molar-refractivity contribution in [1.82, 2.24) is 0 Å². The van der Waals surface area contributed by atoms with E-state index in [0.29, 0.717) is 31.3 Å². The molecule has 13 atom stereocenters. The summed E-state index contributed by atoms with van der Waals surface area (Å²) in [5, 5.41) is 12.1. The Hall–Kier alpha value is -2.28. The molecule has 2 heterocycles. The lowest BCUT2D eigenvalue weighted by atomic mass is 9.49. The van der Waals surface area contributed by atoms with Crippen molar-refractivity contribution >= 4 is 23.5 Å². The Labute approximate surface area is 210 Å². The second-order valence-electron chi connectivity index (χ2n) is 13.3. The van der Waals surface area contributed by atoms with Crippen molar-refractivity contribution in [3.63, 3.8) is 0 Å². The molecule has 2 aliphatic heterocycles. The number of ketones is 2. The maximum atomic E-state index is 14.1. The highest BCUT2D eigenvalue weighted by atomic mass is 16.6. The number of aliphatic hydroxyl groups is 1. The fourth-order valence-corrected chi connectivity index (χ4v) is 10.7. The van der Waals surface area contributed by atoms with Crippen molar-refractivity contribution in [2.45, 2.75) is 71.2 Å². The molecule has 7 rings (SSSR count). The normalized spacial score (nSPS) is 56.7. The number of carbonyl (C=O) groups excluding carboxylic acids is 4. The van der Waals surface area contributed by atoms with Gasteiger partial charge in [0.25, 0.3) is 0 Å². The maximum absolute atomic E-state index is 14.1. The summed E-state index contributed by atoms with van der Waals surface area (Å²) >= 11 is 0. The summed E-state index contributed by atoms with van der Waals surface area (Å²) in [5.41, 5.74) is -2.45. The number of esters is 2. The quantitative estimate of drug-likeness (QED) is 0.408. The molecular formula is C29H34O7. The molecule has 5 aliphatic carbocycles. The molecule has 7 heteroatoms. The molecule has 7 nitrogen and oxygen atoms in total. The van der Waals surface area contributed by atoms with Crippen LogP contribution >= 0.6 is 0 Å². The molecule has 0 aromatic heterocycles. The van der Waals surface area contributed by atoms with E-state index < -0.39 is 40.3 Å². The number of ether oxygens (including phenoxy) is 2. The molecule has 0 aromatic rings. The average Bonchev–Trinajstić information content (AvgIpc) is 3.49. The highest BCUT2D eigenvalue weighted by molar-refractivity contribution is 5.99. The van der Waals surface area contributed by atoms with E-state index in [9.17, 15) is 24.3 Å². The second-order valence-corrected chi connectivity index (χ2v) is 13.3. The summed E-state index contributed by atoms with van der Waals surface area (Å²) in [6.07, 6.45) is 3.87. The van der Waals surface area contributed by atoms with Crippen LogP contribution in [0.15, 0.2) is 24.3 Å². The highest BCUT2D eigenvalue weighted by Crippen LogP contribution is 2.78. The third-order valence-electron chi connectivity index (χ3n) is 12.1. The Bertz CT molecular complexity index is 1170. The number of rotatable bonds is 0. The first-order valence-corrected chi connectivity index (χ1v) is 13.5. The molecule has 4 saturated carbocycles. The topological polar surface area (TPSA) is 107 Å². The first kappa shape index (κ1) is 22.9. The van der Waals surface area contributed by atoms with Gasteiger partial charge in [-0.05, 0) is 67.8 Å². The predicted octanol–water partition coefficient (Wildman–Crippen LogP) is 2.80. The molecule has 1 spiro atoms. The zero-order chi connectivity index (χ0) is 25.5. The van der Waals surface area contributed by atoms with Gasteiger partial charge in [0.1, 0.15) is 18.0 Å². The van der Waals surface area contributed by atoms with Gasteiger partial charge < -0.3 is 14.6 Å². The van der Waals surface area contributed by atoms with Crippen molar-refractivity contribution in [2.24, 2.45) is 57.7 Å². The number of fused-ring (bicyclic) bond motifs is 4. The van der Waals surface area contributed by atoms with Gasteiger partial charge in [0.2, 0.25) is 0 Å². The number of allylic oxidation sites excluding steroid dienone is 2. The standard InChI is InChI=1S/C29H34O7/c1-12-7-20-23(24(32)27(4)17(12)5-6-21(27)31)29(26(34)36-20)10-16-18(30)11-28(29)9-15-14(3)25(33)35-19(15)8-13(2)22(16)28/h5-6,12-13,15-17,19-20,22-24,32H,3,7-11H2,1-2,4H3. The Kier molecular flexibility index (Phi) is 4.30. The van der Waals surface area contributed by atoms with Crippen LogP contribution < -0.4 is 0 Å². The van der Waals surface area contributed by atoms with Crippen molar-refractivity contribution in [3.05, 3.63) is 24.3 Å². The maximum Gasteiger partial charge on any atom is 0.334 e. The van der Waals surface area contributed by atoms with Gasteiger partial charge in [0.15, 0.2) is 5.78 Å². The van der Waals surface area contributed by atoms with Crippen LogP contribution in [0.5, 0.6) is 0 Å². The predicted molar refractivity (Wildman–Crippen MR) is 126 cm³/mol. The molecule has 13 unspecified atom stereocenters. The van der Waals surface area contributed by atoms with Gasteiger partial charge in [-0.1, -0.05) is 26.5 Å². The van der Waals surface area contributed by atoms with Gasteiger partial charge in [-0.2, -0.15) is 0 Å². The van der Waals surface area contributed by atoms with Crippen LogP contribution in [0.3, 0.4) is 0 Å². The first-order chi connectivity index (χ1) is 17.0. The Morgan fingerprint density at radius 1 is 0.972 bits per heavy atom. The minimum Gasteiger partial charge on any atom is -0.461 e. The summed E-state index contributed by atoms with van der Waals surface area (Å²) in [5.74, 6) is -1.87. The molecule has 192 valence electrons. The van der Waals surface area contributed by atoms with Crippen molar-refractivity contribution in [1.29, 1.82) is 0 Å². The van der Waals surface area contributed by atoms with Crippen molar-refractivity contribution in [3.8, 4) is 0 Å². The summed E-state index contributed by atoms with van der Waals surface area (Å²) < 4.78 is 11.9. The molecule has 2 bridgehead atoms. The van der Waals surface area contributed by atoms with Gasteiger partial charge in [0, 0.05) is 29.7 Å². The van der Waals surface area contributed by atoms with E-state index in [1.165, 1.54) is 0 Å². The molecule has 7 aliphatic rings. The number of hydrogen-bond donors (Lipinski definition) is 1. The number of hydrogen-bond acceptors (Lipinski definition) is 7. The average molecular weight is 495 g/mol. The van der Waals surface area contributed by atoms with E-state index in [4.69, 9.17) is 9.47 Å². The minimum atomic E-state index is -1.07. The second kappa shape index (κ2) is 6.77. The van der Waals surface area contributed by atoms with Gasteiger partial charge in [-0.15, -0.1) is 0 Å². The lowest BCUT2D eigenvalue weighted by molar-refractivity contribution is -0.164. The zero-order valence-electron chi connectivity index (χ0n) is 21.1. The molecule has 0 aromatic carbocycles. The summed E-state index contributed by atoms with van der Waals surface area (Å²) in [6.45, 7) is 10.0. The first-order valence-electron chi connectivity index (χ1n) is 13.5. The Morgan fingerprint density at radius 3 is 2.44 bits per heavy atom. The fraction of sp³-hybridized carbons (Fsp3) is 0.724. The minimum absolute atomic E-state index is 0.0527. The monoisotopic (exact) mass is 494 g/mol. The van der Waals surface area contributed by atoms with Gasteiger partial charge >= 0.3 is 11.9 Å². The molecule has 36 heavy (non-hydrogen) atoms. The SMILES string of the molecule is C=C1C(=O)OC2CC(C)C3C4CC5(C(=O)OC6CC(C)C7C=CC(=O)C7(C)C(O)C65)C3(CC4=O)CC12. The van der Waals surface area contributed by atoms with Crippen LogP contribution in [0.25, 0.3) is 0 Å². The molecule has 2 saturated heterocycles. The molecule has 0 amide bonds. The third kappa shape index (κ3) is 2.27. The van der Waals surface area contributed by atoms with E-state index in [1.54, 1.807) is 6.08 Å². The van der Waals surface area contributed by atoms with Gasteiger partial charge in [-0.3, -0.25) is 14.4 Å². The van der Waals surface area contributed by atoms with E-state index in [0.717, 1.165) is 0 Å². The van der Waals surface area contributed by atoms with E-state index in [1.807, 2.05) is 13.0 Å². The lowest BCUT2D eigenvalue weighted by Gasteiger charge is -2.50. The largest absolute Gasteiger partial charge is 0.461 e. The molecular weight excluding hydrogens is 460 g/mol. The number of carbonyl (C=O) groups is 4. The van der Waals surface area contributed by atoms with Crippen LogP contribution in [-0.2, 0) is 28.7 Å². The molecule has 0 radical (unpaired) electrons. The summed E-state index contributed by atoms with van der Waals surface area (Å²) in [4.78, 5) is 53.3. The number of Topliss-reactive ketones (excluding diaryl/α,β-unsaturated/α-hetero) is 1. The zero-order valence-corrected chi connectivity index (χ0v) is 21.1. The fourth-order valence-electron chi connectivity index (χ4n) is 10.7. The van der Waals surface area contributed by atoms with Crippen LogP contribution in [0.1, 0.15) is 52.9 Å². The summed E-state index contributed by atoms with van der Waals surface area (Å²) in [7, 11) is 0. The lowest BCUT2D eigenvalue weighted by Crippen LogP contribution is -2.57. The third-order valence-corrected chi connectivity index (χ3v) is 12.1. The summed E-state index contributed by atoms with van der Waals surface area (Å²) in [6, 6.07) is 0. The van der Waals surface area contributed by atoms with Gasteiger partial charge in [0.05, 0.1) is 16.9 Å². The van der Waals surface area contributed by atoms with Crippen LogP contribution in [-0.4, -0.2) is 46.9 Å². The Balaban J connectivity index is 1.42. The van der Waals surface area contributed by atoms with Crippen LogP contribution in [0, 0.1) is 57.7 Å². The smallest absolute Gasteiger partial charge is 0.334 e. The van der Waals surface area contributed by atoms with E-state index in [2.05, 4.69) is 20.4 Å². The molecule has 6 fully saturated rings. The van der Waals surface area contributed by atoms with E-state index >= 15 is 0 Å². The Morgan fingerprint density at radius 2 is 1.69 bits per heavy atom. The highest BCUT2D eigenvalue weighted by Gasteiger charge is 2.82. The van der Waals surface area contributed by atoms with Crippen LogP contribution in [0.2, 0.25) is 0 Å². The van der Waals surface area contributed by atoms with Crippen molar-refractivity contribution in [2.75, 3.05) is 0 Å². The molecule has 1 N–H and O–H groups in total. The van der Waals surface area contributed by atoms with Gasteiger partial charge in [-0.25, -0.2) is 4.79 Å².